The van der Waals surface area contributed by atoms with Crippen LogP contribution in [0.3, 0.4) is 0 Å². The molecule has 32 heavy (non-hydrogen) atoms. The molecule has 2 heterocycles. The van der Waals surface area contributed by atoms with E-state index in [1.807, 2.05) is 12.1 Å². The summed E-state index contributed by atoms with van der Waals surface area (Å²) in [6.45, 7) is 6.15. The van der Waals surface area contributed by atoms with Gasteiger partial charge in [0.05, 0.1) is 17.3 Å². The van der Waals surface area contributed by atoms with Gasteiger partial charge in [-0.1, -0.05) is 18.5 Å². The largest absolute Gasteiger partial charge is 0.383 e. The minimum absolute atomic E-state index is 0.384. The van der Waals surface area contributed by atoms with Crippen LogP contribution in [0.2, 0.25) is 5.02 Å². The predicted octanol–water partition coefficient (Wildman–Crippen LogP) is 4.75. The van der Waals surface area contributed by atoms with Crippen molar-refractivity contribution in [3.8, 4) is 11.3 Å². The van der Waals surface area contributed by atoms with Crippen LogP contribution in [0.5, 0.6) is 0 Å². The molecule has 0 spiro atoms. The maximum absolute atomic E-state index is 6.49. The van der Waals surface area contributed by atoms with Crippen LogP contribution < -0.4 is 16.0 Å². The molecule has 2 aromatic rings. The Morgan fingerprint density at radius 1 is 1.09 bits per heavy atom. The Morgan fingerprint density at radius 3 is 2.56 bits per heavy atom. The second kappa shape index (κ2) is 10.3. The van der Waals surface area contributed by atoms with Crippen LogP contribution >= 0.6 is 11.6 Å². The summed E-state index contributed by atoms with van der Waals surface area (Å²) in [6.07, 6.45) is 10.3. The zero-order chi connectivity index (χ0) is 22.6. The van der Waals surface area contributed by atoms with Crippen molar-refractivity contribution in [3.05, 3.63) is 29.7 Å². The zero-order valence-corrected chi connectivity index (χ0v) is 20.1. The number of ether oxygens (including phenoxy) is 1. The number of anilines is 2. The number of rotatable bonds is 10. The molecule has 2 aliphatic carbocycles. The molecule has 7 nitrogen and oxygen atoms in total. The Labute approximate surface area is 196 Å². The monoisotopic (exact) mass is 458 g/mol. The molecule has 0 aliphatic heterocycles. The molecule has 0 aromatic carbocycles. The van der Waals surface area contributed by atoms with Crippen molar-refractivity contribution in [3.63, 3.8) is 0 Å². The number of hydrogen-bond donors (Lipinski definition) is 3. The van der Waals surface area contributed by atoms with Crippen molar-refractivity contribution < 1.29 is 4.74 Å². The predicted molar refractivity (Wildman–Crippen MR) is 130 cm³/mol. The van der Waals surface area contributed by atoms with Crippen LogP contribution in [0.4, 0.5) is 11.6 Å². The van der Waals surface area contributed by atoms with Gasteiger partial charge in [-0.05, 0) is 56.9 Å². The number of nitrogens with one attached hydrogen (secondary N) is 3. The van der Waals surface area contributed by atoms with E-state index in [1.165, 1.54) is 12.8 Å². The Morgan fingerprint density at radius 2 is 1.84 bits per heavy atom. The molecule has 2 saturated carbocycles. The maximum atomic E-state index is 6.49. The standard InChI is InChI=1S/C24H35ClN6O/c1-16(13-32-3)30-17-4-6-18(7-5-17)31-23-10-19(20(25)12-26-23)21-11-22(29-15-28-21)27-14-24(2)8-9-24/h10-12,15-18,30H,4-9,13-14H2,1-3H3,(H,26,31)(H,27,28,29). The first-order valence-electron chi connectivity index (χ1n) is 11.7. The quantitative estimate of drug-likeness (QED) is 0.473. The smallest absolute Gasteiger partial charge is 0.129 e. The Bertz CT molecular complexity index is 898. The fraction of sp³-hybridized carbons (Fsp3) is 0.625. The highest BCUT2D eigenvalue weighted by atomic mass is 35.5. The molecule has 0 bridgehead atoms. The van der Waals surface area contributed by atoms with Gasteiger partial charge < -0.3 is 20.7 Å². The molecule has 0 saturated heterocycles. The summed E-state index contributed by atoms with van der Waals surface area (Å²) >= 11 is 6.49. The van der Waals surface area contributed by atoms with E-state index < -0.39 is 0 Å². The van der Waals surface area contributed by atoms with Gasteiger partial charge in [0, 0.05) is 49.6 Å². The van der Waals surface area contributed by atoms with Crippen LogP contribution in [0.1, 0.15) is 52.4 Å². The third-order valence-corrected chi connectivity index (χ3v) is 6.92. The van der Waals surface area contributed by atoms with Crippen molar-refractivity contribution in [2.24, 2.45) is 5.41 Å². The number of aromatic nitrogens is 3. The van der Waals surface area contributed by atoms with Crippen molar-refractivity contribution in [1.82, 2.24) is 20.3 Å². The highest BCUT2D eigenvalue weighted by molar-refractivity contribution is 6.33. The second-order valence-electron chi connectivity index (χ2n) is 9.72. The highest BCUT2D eigenvalue weighted by Gasteiger charge is 2.36. The normalized spacial score (nSPS) is 22.9. The van der Waals surface area contributed by atoms with E-state index in [1.54, 1.807) is 19.6 Å². The van der Waals surface area contributed by atoms with E-state index in [9.17, 15) is 0 Å². The van der Waals surface area contributed by atoms with E-state index in [2.05, 4.69) is 44.7 Å². The van der Waals surface area contributed by atoms with Gasteiger partial charge in [-0.2, -0.15) is 0 Å². The first-order valence-corrected chi connectivity index (χ1v) is 12.1. The van der Waals surface area contributed by atoms with Crippen molar-refractivity contribution >= 4 is 23.2 Å². The molecular weight excluding hydrogens is 424 g/mol. The molecule has 1 atom stereocenters. The summed E-state index contributed by atoms with van der Waals surface area (Å²) in [6, 6.07) is 5.32. The Balaban J connectivity index is 1.36. The van der Waals surface area contributed by atoms with Gasteiger partial charge >= 0.3 is 0 Å². The van der Waals surface area contributed by atoms with E-state index >= 15 is 0 Å². The van der Waals surface area contributed by atoms with Gasteiger partial charge in [0.25, 0.3) is 0 Å². The average molecular weight is 459 g/mol. The molecule has 0 amide bonds. The summed E-state index contributed by atoms with van der Waals surface area (Å²) in [5.41, 5.74) is 2.09. The summed E-state index contributed by atoms with van der Waals surface area (Å²) in [4.78, 5) is 13.3. The molecular formula is C24H35ClN6O. The minimum atomic E-state index is 0.384. The van der Waals surface area contributed by atoms with Crippen LogP contribution in [-0.2, 0) is 4.74 Å². The summed E-state index contributed by atoms with van der Waals surface area (Å²) in [5.74, 6) is 1.67. The lowest BCUT2D eigenvalue weighted by atomic mass is 9.90. The van der Waals surface area contributed by atoms with Crippen molar-refractivity contribution in [2.75, 3.05) is 30.9 Å². The SMILES string of the molecule is COCC(C)NC1CCC(Nc2cc(-c3cc(NCC4(C)CC4)ncn3)c(Cl)cn2)CC1. The fourth-order valence-electron chi connectivity index (χ4n) is 4.32. The summed E-state index contributed by atoms with van der Waals surface area (Å²) in [5, 5.41) is 11.3. The van der Waals surface area contributed by atoms with E-state index in [0.717, 1.165) is 61.7 Å². The van der Waals surface area contributed by atoms with Gasteiger partial charge in [-0.3, -0.25) is 0 Å². The number of nitrogens with zero attached hydrogens (tertiary/aromatic N) is 3. The number of halogens is 1. The fourth-order valence-corrected chi connectivity index (χ4v) is 4.52. The highest BCUT2D eigenvalue weighted by Crippen LogP contribution is 2.44. The van der Waals surface area contributed by atoms with Gasteiger partial charge in [0.1, 0.15) is 18.0 Å². The molecule has 4 rings (SSSR count). The van der Waals surface area contributed by atoms with Gasteiger partial charge in [-0.25, -0.2) is 15.0 Å². The molecule has 2 aliphatic rings. The lowest BCUT2D eigenvalue weighted by Crippen LogP contribution is -2.42. The molecule has 2 aromatic heterocycles. The number of hydrogen-bond acceptors (Lipinski definition) is 7. The van der Waals surface area contributed by atoms with Gasteiger partial charge in [0.2, 0.25) is 0 Å². The summed E-state index contributed by atoms with van der Waals surface area (Å²) in [7, 11) is 1.75. The first kappa shape index (κ1) is 23.2. The molecule has 174 valence electrons. The van der Waals surface area contributed by atoms with Crippen LogP contribution in [-0.4, -0.2) is 53.3 Å². The van der Waals surface area contributed by atoms with E-state index in [0.29, 0.717) is 28.6 Å². The van der Waals surface area contributed by atoms with Crippen LogP contribution in [0, 0.1) is 5.41 Å². The maximum Gasteiger partial charge on any atom is 0.129 e. The zero-order valence-electron chi connectivity index (χ0n) is 19.3. The topological polar surface area (TPSA) is 84.0 Å². The van der Waals surface area contributed by atoms with E-state index in [4.69, 9.17) is 16.3 Å². The first-order chi connectivity index (χ1) is 15.4. The molecule has 1 unspecified atom stereocenters. The Kier molecular flexibility index (Phi) is 7.48. The molecule has 2 fully saturated rings. The average Bonchev–Trinajstić information content (AvgIpc) is 3.53. The van der Waals surface area contributed by atoms with Gasteiger partial charge in [-0.15, -0.1) is 0 Å². The lowest BCUT2D eigenvalue weighted by Gasteiger charge is -2.31. The third kappa shape index (κ3) is 6.30. The minimum Gasteiger partial charge on any atom is -0.383 e. The third-order valence-electron chi connectivity index (χ3n) is 6.61. The molecule has 3 N–H and O–H groups in total. The molecule has 8 heteroatoms. The van der Waals surface area contributed by atoms with Crippen molar-refractivity contribution in [1.29, 1.82) is 0 Å². The lowest BCUT2D eigenvalue weighted by molar-refractivity contribution is 0.161. The number of methoxy groups -OCH3 is 1. The Hall–Kier alpha value is -1.96. The molecule has 0 radical (unpaired) electrons. The van der Waals surface area contributed by atoms with Crippen LogP contribution in [0.15, 0.2) is 24.7 Å². The number of pyridine rings is 1. The van der Waals surface area contributed by atoms with Gasteiger partial charge in [0.15, 0.2) is 0 Å². The summed E-state index contributed by atoms with van der Waals surface area (Å²) < 4.78 is 5.23. The van der Waals surface area contributed by atoms with Crippen molar-refractivity contribution in [2.45, 2.75) is 70.5 Å². The second-order valence-corrected chi connectivity index (χ2v) is 10.1. The van der Waals surface area contributed by atoms with E-state index in [-0.39, 0.29) is 0 Å². The van der Waals surface area contributed by atoms with Crippen LogP contribution in [0.25, 0.3) is 11.3 Å².